The Morgan fingerprint density at radius 1 is 0.955 bits per heavy atom. The highest BCUT2D eigenvalue weighted by molar-refractivity contribution is 5.93. The predicted molar refractivity (Wildman–Crippen MR) is 166 cm³/mol. The molecule has 240 valence electrons. The first kappa shape index (κ1) is 33.4. The summed E-state index contributed by atoms with van der Waals surface area (Å²) in [4.78, 5) is 42.9. The minimum atomic E-state index is -0.892. The maximum absolute atomic E-state index is 14.0. The third-order valence-corrected chi connectivity index (χ3v) is 7.94. The number of aryl methyl sites for hydroxylation is 1. The standard InChI is InChI=1S/C33H46FN5O5/c1-22(2)30-33(42)37-28(20-39-14-16-43-17-15-39)31(40)35-13-7-10-25-9-4-5-12-29(25)44-21-23(3)36-27(32(41)38-30)19-24-8-6-11-26(34)18-24/h4-6,8-9,11-12,18,22-23,27-28,30,36H,7,10,13-17,19-21H2,1-3H3,(H,35,40)(H,37,42)(H,38,41)/t23-,27+,28-,30+/m0/s1. The molecule has 2 aliphatic rings. The largest absolute Gasteiger partial charge is 0.492 e. The highest BCUT2D eigenvalue weighted by Crippen LogP contribution is 2.20. The van der Waals surface area contributed by atoms with Gasteiger partial charge in [0.05, 0.1) is 19.3 Å². The fourth-order valence-corrected chi connectivity index (χ4v) is 5.48. The summed E-state index contributed by atoms with van der Waals surface area (Å²) in [6.45, 7) is 9.11. The first-order chi connectivity index (χ1) is 21.2. The number of halogens is 1. The van der Waals surface area contributed by atoms with Crippen molar-refractivity contribution < 1.29 is 28.2 Å². The molecule has 2 aromatic carbocycles. The molecule has 0 saturated carbocycles. The van der Waals surface area contributed by atoms with Gasteiger partial charge in [0.25, 0.3) is 0 Å². The van der Waals surface area contributed by atoms with Crippen molar-refractivity contribution in [2.45, 2.75) is 64.2 Å². The van der Waals surface area contributed by atoms with Crippen LogP contribution in [0.3, 0.4) is 0 Å². The minimum absolute atomic E-state index is 0.207. The summed E-state index contributed by atoms with van der Waals surface area (Å²) in [6, 6.07) is 11.2. The Kier molecular flexibility index (Phi) is 12.5. The predicted octanol–water partition coefficient (Wildman–Crippen LogP) is 1.81. The van der Waals surface area contributed by atoms with Gasteiger partial charge in [0.2, 0.25) is 17.7 Å². The molecule has 0 radical (unpaired) electrons. The summed E-state index contributed by atoms with van der Waals surface area (Å²) < 4.78 is 25.7. The Morgan fingerprint density at radius 2 is 1.73 bits per heavy atom. The molecule has 2 aliphatic heterocycles. The molecule has 0 unspecified atom stereocenters. The molecule has 3 amide bonds. The minimum Gasteiger partial charge on any atom is -0.492 e. The van der Waals surface area contributed by atoms with Gasteiger partial charge in [0.15, 0.2) is 0 Å². The van der Waals surface area contributed by atoms with E-state index in [1.807, 2.05) is 45.0 Å². The number of ether oxygens (including phenoxy) is 2. The van der Waals surface area contributed by atoms with Crippen LogP contribution in [0.5, 0.6) is 5.75 Å². The molecule has 0 bridgehead atoms. The molecule has 10 nitrogen and oxygen atoms in total. The number of fused-ring (bicyclic) bond motifs is 1. The number of nitrogens with one attached hydrogen (secondary N) is 4. The molecule has 4 atom stereocenters. The lowest BCUT2D eigenvalue weighted by molar-refractivity contribution is -0.134. The van der Waals surface area contributed by atoms with E-state index in [-0.39, 0.29) is 36.7 Å². The van der Waals surface area contributed by atoms with Gasteiger partial charge in [-0.1, -0.05) is 44.2 Å². The van der Waals surface area contributed by atoms with Crippen molar-refractivity contribution in [2.24, 2.45) is 5.92 Å². The van der Waals surface area contributed by atoms with E-state index in [9.17, 15) is 18.8 Å². The molecular weight excluding hydrogens is 565 g/mol. The van der Waals surface area contributed by atoms with Crippen LogP contribution in [0.1, 0.15) is 38.3 Å². The van der Waals surface area contributed by atoms with E-state index in [1.54, 1.807) is 12.1 Å². The molecule has 2 heterocycles. The van der Waals surface area contributed by atoms with Crippen molar-refractivity contribution >= 4 is 17.7 Å². The quantitative estimate of drug-likeness (QED) is 0.407. The smallest absolute Gasteiger partial charge is 0.243 e. The number of para-hydroxylation sites is 1. The van der Waals surface area contributed by atoms with Crippen molar-refractivity contribution in [3.8, 4) is 5.75 Å². The molecule has 0 aliphatic carbocycles. The van der Waals surface area contributed by atoms with Gasteiger partial charge in [-0.15, -0.1) is 0 Å². The van der Waals surface area contributed by atoms with Gasteiger partial charge < -0.3 is 25.4 Å². The van der Waals surface area contributed by atoms with Gasteiger partial charge >= 0.3 is 0 Å². The summed E-state index contributed by atoms with van der Waals surface area (Å²) in [6.07, 6.45) is 1.59. The first-order valence-corrected chi connectivity index (χ1v) is 15.6. The van der Waals surface area contributed by atoms with E-state index >= 15 is 0 Å². The topological polar surface area (TPSA) is 121 Å². The number of nitrogens with zero attached hydrogens (tertiary/aromatic N) is 1. The fourth-order valence-electron chi connectivity index (χ4n) is 5.48. The van der Waals surface area contributed by atoms with Gasteiger partial charge in [-0.25, -0.2) is 4.39 Å². The van der Waals surface area contributed by atoms with Crippen LogP contribution in [-0.4, -0.2) is 92.8 Å². The van der Waals surface area contributed by atoms with Gasteiger partial charge in [-0.3, -0.25) is 24.6 Å². The van der Waals surface area contributed by atoms with Crippen molar-refractivity contribution in [1.82, 2.24) is 26.2 Å². The number of hydrogen-bond donors (Lipinski definition) is 4. The third kappa shape index (κ3) is 10.0. The van der Waals surface area contributed by atoms with E-state index in [1.165, 1.54) is 12.1 Å². The number of benzene rings is 2. The summed E-state index contributed by atoms with van der Waals surface area (Å²) in [7, 11) is 0. The average Bonchev–Trinajstić information content (AvgIpc) is 3.00. The van der Waals surface area contributed by atoms with E-state index in [2.05, 4.69) is 26.2 Å². The second-order valence-electron chi connectivity index (χ2n) is 12.0. The highest BCUT2D eigenvalue weighted by Gasteiger charge is 2.32. The van der Waals surface area contributed by atoms with Gasteiger partial charge in [0, 0.05) is 32.2 Å². The number of carbonyl (C=O) groups excluding carboxylic acids is 3. The van der Waals surface area contributed by atoms with Crippen molar-refractivity contribution in [3.05, 3.63) is 65.5 Å². The zero-order valence-corrected chi connectivity index (χ0v) is 25.9. The first-order valence-electron chi connectivity index (χ1n) is 15.6. The number of morpholine rings is 1. The molecule has 11 heteroatoms. The Labute approximate surface area is 259 Å². The second-order valence-corrected chi connectivity index (χ2v) is 12.0. The monoisotopic (exact) mass is 611 g/mol. The van der Waals surface area contributed by atoms with Crippen molar-refractivity contribution in [1.29, 1.82) is 0 Å². The number of hydrogen-bond acceptors (Lipinski definition) is 7. The molecule has 4 N–H and O–H groups in total. The van der Waals surface area contributed by atoms with Gasteiger partial charge in [0.1, 0.15) is 30.3 Å². The Balaban J connectivity index is 1.60. The normalized spacial score (nSPS) is 25.1. The van der Waals surface area contributed by atoms with Crippen LogP contribution < -0.4 is 26.0 Å². The zero-order chi connectivity index (χ0) is 31.5. The Bertz CT molecular complexity index is 1250. The number of amides is 3. The maximum Gasteiger partial charge on any atom is 0.243 e. The molecule has 0 spiro atoms. The molecular formula is C33H46FN5O5. The average molecular weight is 612 g/mol. The molecule has 4 rings (SSSR count). The highest BCUT2D eigenvalue weighted by atomic mass is 19.1. The van der Waals surface area contributed by atoms with E-state index < -0.39 is 29.9 Å². The van der Waals surface area contributed by atoms with Crippen LogP contribution in [0.2, 0.25) is 0 Å². The van der Waals surface area contributed by atoms with Crippen LogP contribution in [-0.2, 0) is 32.0 Å². The van der Waals surface area contributed by atoms with Gasteiger partial charge in [-0.05, 0) is 61.4 Å². The summed E-state index contributed by atoms with van der Waals surface area (Å²) in [5.41, 5.74) is 1.66. The van der Waals surface area contributed by atoms with Crippen LogP contribution in [0.25, 0.3) is 0 Å². The fraction of sp³-hybridized carbons (Fsp3) is 0.545. The molecule has 1 saturated heterocycles. The third-order valence-electron chi connectivity index (χ3n) is 7.94. The molecule has 0 aromatic heterocycles. The lowest BCUT2D eigenvalue weighted by Crippen LogP contribution is -2.61. The van der Waals surface area contributed by atoms with E-state index in [4.69, 9.17) is 9.47 Å². The van der Waals surface area contributed by atoms with Gasteiger partial charge in [-0.2, -0.15) is 0 Å². The Hall–Kier alpha value is -3.54. The second kappa shape index (κ2) is 16.5. The summed E-state index contributed by atoms with van der Waals surface area (Å²) >= 11 is 0. The van der Waals surface area contributed by atoms with Crippen LogP contribution in [0, 0.1) is 11.7 Å². The van der Waals surface area contributed by atoms with Crippen molar-refractivity contribution in [3.63, 3.8) is 0 Å². The van der Waals surface area contributed by atoms with Crippen LogP contribution >= 0.6 is 0 Å². The molecule has 1 fully saturated rings. The maximum atomic E-state index is 14.0. The molecule has 2 aromatic rings. The van der Waals surface area contributed by atoms with E-state index in [0.717, 1.165) is 11.3 Å². The van der Waals surface area contributed by atoms with Crippen molar-refractivity contribution in [2.75, 3.05) is 46.0 Å². The SMILES string of the molecule is CC(C)[C@H]1NC(=O)[C@@H](Cc2cccc(F)c2)N[C@@H](C)COc2ccccc2CCCNC(=O)[C@H](CN2CCOCC2)NC1=O. The molecule has 44 heavy (non-hydrogen) atoms. The summed E-state index contributed by atoms with van der Waals surface area (Å²) in [5, 5.41) is 12.2. The number of carbonyl (C=O) groups is 3. The summed E-state index contributed by atoms with van der Waals surface area (Å²) in [5.74, 6) is -1.01. The zero-order valence-electron chi connectivity index (χ0n) is 25.9. The van der Waals surface area contributed by atoms with E-state index in [0.29, 0.717) is 57.8 Å². The Morgan fingerprint density at radius 3 is 2.48 bits per heavy atom. The lowest BCUT2D eigenvalue weighted by Gasteiger charge is -2.32. The number of rotatable bonds is 5. The lowest BCUT2D eigenvalue weighted by atomic mass is 10.00. The van der Waals surface area contributed by atoms with Crippen LogP contribution in [0.4, 0.5) is 4.39 Å². The van der Waals surface area contributed by atoms with Crippen LogP contribution in [0.15, 0.2) is 48.5 Å².